The predicted molar refractivity (Wildman–Crippen MR) is 151 cm³/mol. The average molecular weight is 531 g/mol. The van der Waals surface area contributed by atoms with Crippen molar-refractivity contribution in [2.45, 2.75) is 38.8 Å². The fourth-order valence-electron chi connectivity index (χ4n) is 5.59. The van der Waals surface area contributed by atoms with Crippen LogP contribution in [0.5, 0.6) is 0 Å². The van der Waals surface area contributed by atoms with Crippen LogP contribution >= 0.6 is 11.6 Å². The number of hydrogen-bond donors (Lipinski definition) is 3. The molecule has 1 amide bonds. The van der Waals surface area contributed by atoms with Crippen LogP contribution in [0.15, 0.2) is 53.5 Å². The van der Waals surface area contributed by atoms with Gasteiger partial charge < -0.3 is 25.1 Å². The monoisotopic (exact) mass is 530 g/mol. The van der Waals surface area contributed by atoms with E-state index < -0.39 is 0 Å². The fraction of sp³-hybridized carbons (Fsp3) is 0.345. The lowest BCUT2D eigenvalue weighted by Gasteiger charge is -2.20. The van der Waals surface area contributed by atoms with Crippen LogP contribution in [0.2, 0.25) is 5.02 Å². The maximum absolute atomic E-state index is 13.1. The minimum atomic E-state index is -0.240. The second-order valence-electron chi connectivity index (χ2n) is 10.3. The molecule has 0 spiro atoms. The molecule has 1 fully saturated rings. The highest BCUT2D eigenvalue weighted by Crippen LogP contribution is 2.30. The molecule has 8 nitrogen and oxygen atoms in total. The Bertz CT molecular complexity index is 1550. The van der Waals surface area contributed by atoms with Gasteiger partial charge in [0.05, 0.1) is 16.7 Å². The summed E-state index contributed by atoms with van der Waals surface area (Å²) in [4.78, 5) is 41.3. The van der Waals surface area contributed by atoms with Gasteiger partial charge in [-0.2, -0.15) is 0 Å². The molecule has 0 radical (unpaired) electrons. The van der Waals surface area contributed by atoms with Crippen LogP contribution < -0.4 is 10.9 Å². The third-order valence-electron chi connectivity index (χ3n) is 7.55. The predicted octanol–water partition coefficient (Wildman–Crippen LogP) is 4.67. The number of nitrogens with one attached hydrogen (secondary N) is 3. The van der Waals surface area contributed by atoms with Crippen molar-refractivity contribution in [2.24, 2.45) is 0 Å². The topological polar surface area (TPSA) is 97.1 Å². The van der Waals surface area contributed by atoms with Gasteiger partial charge >= 0.3 is 0 Å². The number of fused-ring (bicyclic) bond motifs is 2. The third kappa shape index (κ3) is 4.81. The number of carbonyl (C=O) groups is 1. The quantitative estimate of drug-likeness (QED) is 0.308. The van der Waals surface area contributed by atoms with Crippen molar-refractivity contribution >= 4 is 34.2 Å². The lowest BCUT2D eigenvalue weighted by atomic mass is 10.1. The van der Waals surface area contributed by atoms with Crippen LogP contribution in [0, 0.1) is 0 Å². The number of halogens is 1. The molecule has 196 valence electrons. The number of benzene rings is 2. The minimum Gasteiger partial charge on any atom is -0.381 e. The van der Waals surface area contributed by atoms with E-state index in [1.54, 1.807) is 6.20 Å². The summed E-state index contributed by atoms with van der Waals surface area (Å²) in [6.45, 7) is 6.56. The van der Waals surface area contributed by atoms with Gasteiger partial charge in [0.25, 0.3) is 11.5 Å². The summed E-state index contributed by atoms with van der Waals surface area (Å²) in [5, 5.41) is 4.19. The average Bonchev–Trinajstić information content (AvgIpc) is 3.62. The molecule has 2 aromatic carbocycles. The Morgan fingerprint density at radius 1 is 1.11 bits per heavy atom. The summed E-state index contributed by atoms with van der Waals surface area (Å²) in [5.41, 5.74) is 5.10. The van der Waals surface area contributed by atoms with Crippen LogP contribution in [0.4, 0.5) is 5.69 Å². The highest BCUT2D eigenvalue weighted by Gasteiger charge is 2.29. The first-order valence-corrected chi connectivity index (χ1v) is 13.6. The number of amides is 1. The Morgan fingerprint density at radius 2 is 1.92 bits per heavy atom. The molecule has 1 unspecified atom stereocenters. The number of aromatic nitrogens is 3. The SMILES string of the molecule is CC(Cc1ccccc1Cl)Nc1cc[nH]c(=O)c1-c1nc2cc3c(cc2[nH]1)CN(CCN1CCCC1)C3=O. The van der Waals surface area contributed by atoms with Crippen LogP contribution in [0.3, 0.4) is 0 Å². The van der Waals surface area contributed by atoms with Crippen LogP contribution in [0.25, 0.3) is 22.4 Å². The van der Waals surface area contributed by atoms with Gasteiger partial charge in [0.15, 0.2) is 0 Å². The smallest absolute Gasteiger partial charge is 0.261 e. The van der Waals surface area contributed by atoms with Crippen molar-refractivity contribution in [1.29, 1.82) is 0 Å². The van der Waals surface area contributed by atoms with E-state index >= 15 is 0 Å². The molecule has 0 aliphatic carbocycles. The number of rotatable bonds is 8. The first-order chi connectivity index (χ1) is 18.5. The molecule has 1 saturated heterocycles. The first-order valence-electron chi connectivity index (χ1n) is 13.2. The van der Waals surface area contributed by atoms with Crippen LogP contribution in [-0.2, 0) is 13.0 Å². The number of hydrogen-bond acceptors (Lipinski definition) is 5. The van der Waals surface area contributed by atoms with Crippen molar-refractivity contribution in [1.82, 2.24) is 24.8 Å². The van der Waals surface area contributed by atoms with E-state index in [1.807, 2.05) is 47.4 Å². The summed E-state index contributed by atoms with van der Waals surface area (Å²) in [6, 6.07) is 13.5. The Hall–Kier alpha value is -3.62. The lowest BCUT2D eigenvalue weighted by molar-refractivity contribution is 0.0763. The number of imidazole rings is 1. The van der Waals surface area contributed by atoms with Crippen molar-refractivity contribution in [2.75, 3.05) is 31.5 Å². The van der Waals surface area contributed by atoms with Crippen molar-refractivity contribution in [3.05, 3.63) is 80.7 Å². The largest absolute Gasteiger partial charge is 0.381 e. The van der Waals surface area contributed by atoms with Gasteiger partial charge in [0.2, 0.25) is 0 Å². The third-order valence-corrected chi connectivity index (χ3v) is 7.92. The molecule has 4 heterocycles. The fourth-order valence-corrected chi connectivity index (χ4v) is 5.80. The van der Waals surface area contributed by atoms with Gasteiger partial charge in [-0.05, 0) is 74.7 Å². The zero-order valence-corrected chi connectivity index (χ0v) is 22.1. The molecule has 0 bridgehead atoms. The normalized spacial score (nSPS) is 16.4. The Labute approximate surface area is 226 Å². The zero-order chi connectivity index (χ0) is 26.2. The molecular weight excluding hydrogens is 500 g/mol. The number of nitrogens with zero attached hydrogens (tertiary/aromatic N) is 3. The lowest BCUT2D eigenvalue weighted by Crippen LogP contribution is -2.33. The Kier molecular flexibility index (Phi) is 6.68. The molecule has 3 N–H and O–H groups in total. The van der Waals surface area contributed by atoms with Crippen molar-refractivity contribution < 1.29 is 4.79 Å². The van der Waals surface area contributed by atoms with Crippen molar-refractivity contribution in [3.63, 3.8) is 0 Å². The molecule has 38 heavy (non-hydrogen) atoms. The first kappa shape index (κ1) is 24.7. The van der Waals surface area contributed by atoms with E-state index in [4.69, 9.17) is 16.6 Å². The Balaban J connectivity index is 1.24. The summed E-state index contributed by atoms with van der Waals surface area (Å²) >= 11 is 6.35. The number of anilines is 1. The maximum Gasteiger partial charge on any atom is 0.261 e. The van der Waals surface area contributed by atoms with E-state index in [0.29, 0.717) is 41.1 Å². The molecular formula is C29H31ClN6O2. The molecule has 2 aliphatic heterocycles. The van der Waals surface area contributed by atoms with Gasteiger partial charge in [0, 0.05) is 42.5 Å². The van der Waals surface area contributed by atoms with Gasteiger partial charge in [-0.3, -0.25) is 9.59 Å². The van der Waals surface area contributed by atoms with Gasteiger partial charge in [-0.15, -0.1) is 0 Å². The molecule has 2 aliphatic rings. The van der Waals surface area contributed by atoms with E-state index in [1.165, 1.54) is 12.8 Å². The molecule has 1 atom stereocenters. The molecule has 6 rings (SSSR count). The number of pyridine rings is 1. The van der Waals surface area contributed by atoms with E-state index in [-0.39, 0.29) is 17.5 Å². The van der Waals surface area contributed by atoms with Crippen LogP contribution in [-0.4, -0.2) is 62.9 Å². The molecule has 9 heteroatoms. The van der Waals surface area contributed by atoms with E-state index in [9.17, 15) is 9.59 Å². The summed E-state index contributed by atoms with van der Waals surface area (Å²) in [5.74, 6) is 0.523. The highest BCUT2D eigenvalue weighted by molar-refractivity contribution is 6.31. The minimum absolute atomic E-state index is 0.0211. The summed E-state index contributed by atoms with van der Waals surface area (Å²) in [7, 11) is 0. The number of H-pyrrole nitrogens is 2. The number of carbonyl (C=O) groups excluding carboxylic acids is 1. The second kappa shape index (κ2) is 10.3. The maximum atomic E-state index is 13.1. The molecule has 4 aromatic rings. The molecule has 2 aromatic heterocycles. The Morgan fingerprint density at radius 3 is 2.74 bits per heavy atom. The van der Waals surface area contributed by atoms with Crippen LogP contribution in [0.1, 0.15) is 41.3 Å². The standard InChI is InChI=1S/C29H31ClN6O2/c1-18(14-19-6-2-3-7-22(19)30)32-23-8-9-31-28(37)26(23)27-33-24-15-20-17-36(13-12-35-10-4-5-11-35)29(38)21(20)16-25(24)34-27/h2-3,6-9,15-16,18H,4-5,10-14,17H2,1H3,(H,33,34)(H2,31,32,37). The van der Waals surface area contributed by atoms with E-state index in [0.717, 1.165) is 47.8 Å². The number of aromatic amines is 2. The highest BCUT2D eigenvalue weighted by atomic mass is 35.5. The van der Waals surface area contributed by atoms with Crippen molar-refractivity contribution in [3.8, 4) is 11.4 Å². The van der Waals surface area contributed by atoms with E-state index in [2.05, 4.69) is 27.1 Å². The second-order valence-corrected chi connectivity index (χ2v) is 10.7. The zero-order valence-electron chi connectivity index (χ0n) is 21.4. The van der Waals surface area contributed by atoms with Gasteiger partial charge in [-0.25, -0.2) is 4.98 Å². The molecule has 0 saturated carbocycles. The summed E-state index contributed by atoms with van der Waals surface area (Å²) < 4.78 is 0. The summed E-state index contributed by atoms with van der Waals surface area (Å²) in [6.07, 6.45) is 4.82. The van der Waals surface area contributed by atoms with Gasteiger partial charge in [0.1, 0.15) is 11.4 Å². The van der Waals surface area contributed by atoms with Gasteiger partial charge in [-0.1, -0.05) is 29.8 Å². The number of likely N-dealkylation sites (tertiary alicyclic amines) is 1.